The molecule has 0 spiro atoms. The molecule has 0 unspecified atom stereocenters. The molecular formula is C19H23N3O3. The highest BCUT2D eigenvalue weighted by Crippen LogP contribution is 2.18. The molecular weight excluding hydrogens is 318 g/mol. The molecule has 0 atom stereocenters. The lowest BCUT2D eigenvalue weighted by Gasteiger charge is -2.13. The average molecular weight is 341 g/mol. The maximum absolute atomic E-state index is 12.7. The molecule has 0 saturated heterocycles. The van der Waals surface area contributed by atoms with Crippen molar-refractivity contribution in [3.8, 4) is 0 Å². The van der Waals surface area contributed by atoms with Gasteiger partial charge in [0.1, 0.15) is 5.56 Å². The zero-order valence-corrected chi connectivity index (χ0v) is 15.0. The molecule has 2 N–H and O–H groups in total. The number of para-hydroxylation sites is 1. The van der Waals surface area contributed by atoms with Crippen molar-refractivity contribution in [1.82, 2.24) is 9.88 Å². The number of amides is 2. The molecule has 132 valence electrons. The summed E-state index contributed by atoms with van der Waals surface area (Å²) in [6.07, 6.45) is 0.829. The molecule has 1 heterocycles. The van der Waals surface area contributed by atoms with Gasteiger partial charge < -0.3 is 15.2 Å². The molecule has 2 rings (SSSR count). The van der Waals surface area contributed by atoms with Crippen LogP contribution < -0.4 is 16.2 Å². The van der Waals surface area contributed by atoms with Crippen LogP contribution in [0.3, 0.4) is 0 Å². The van der Waals surface area contributed by atoms with E-state index in [2.05, 4.69) is 10.6 Å². The second-order valence-corrected chi connectivity index (χ2v) is 5.99. The van der Waals surface area contributed by atoms with E-state index in [1.807, 2.05) is 25.1 Å². The molecule has 25 heavy (non-hydrogen) atoms. The second-order valence-electron chi connectivity index (χ2n) is 5.99. The summed E-state index contributed by atoms with van der Waals surface area (Å²) in [7, 11) is 3.23. The Hall–Kier alpha value is -2.89. The van der Waals surface area contributed by atoms with E-state index in [1.165, 1.54) is 4.57 Å². The molecule has 2 amide bonds. The van der Waals surface area contributed by atoms with Crippen LogP contribution in [0.5, 0.6) is 0 Å². The third kappa shape index (κ3) is 4.15. The van der Waals surface area contributed by atoms with Crippen LogP contribution >= 0.6 is 0 Å². The van der Waals surface area contributed by atoms with Gasteiger partial charge in [0.05, 0.1) is 0 Å². The molecule has 0 bridgehead atoms. The van der Waals surface area contributed by atoms with Crippen LogP contribution in [0.4, 0.5) is 5.69 Å². The number of aryl methyl sites for hydroxylation is 3. The maximum Gasteiger partial charge on any atom is 0.263 e. The lowest BCUT2D eigenvalue weighted by atomic mass is 10.1. The average Bonchev–Trinajstić information content (AvgIpc) is 2.58. The van der Waals surface area contributed by atoms with Gasteiger partial charge in [-0.15, -0.1) is 0 Å². The number of rotatable bonds is 5. The van der Waals surface area contributed by atoms with E-state index in [-0.39, 0.29) is 17.0 Å². The van der Waals surface area contributed by atoms with Crippen molar-refractivity contribution in [2.45, 2.75) is 26.7 Å². The van der Waals surface area contributed by atoms with E-state index in [1.54, 1.807) is 33.2 Å². The van der Waals surface area contributed by atoms with Crippen molar-refractivity contribution < 1.29 is 9.59 Å². The van der Waals surface area contributed by atoms with Crippen molar-refractivity contribution >= 4 is 17.5 Å². The minimum atomic E-state index is -0.439. The van der Waals surface area contributed by atoms with Crippen LogP contribution in [0.2, 0.25) is 0 Å². The normalized spacial score (nSPS) is 10.4. The highest BCUT2D eigenvalue weighted by molar-refractivity contribution is 6.05. The summed E-state index contributed by atoms with van der Waals surface area (Å²) in [5, 5.41) is 5.39. The summed E-state index contributed by atoms with van der Waals surface area (Å²) in [5.74, 6) is -0.505. The standard InChI is InChI=1S/C19H23N3O3/c1-12-11-13(2)22(4)19(25)17(12)18(24)21-15-8-6-5-7-14(15)9-10-16(23)20-3/h5-8,11H,9-10H2,1-4H3,(H,20,23)(H,21,24). The fraction of sp³-hybridized carbons (Fsp3) is 0.316. The van der Waals surface area contributed by atoms with Crippen LogP contribution in [0.25, 0.3) is 0 Å². The van der Waals surface area contributed by atoms with Crippen molar-refractivity contribution in [3.63, 3.8) is 0 Å². The number of hydrogen-bond donors (Lipinski definition) is 2. The number of nitrogens with zero attached hydrogens (tertiary/aromatic N) is 1. The van der Waals surface area contributed by atoms with Gasteiger partial charge in [-0.2, -0.15) is 0 Å². The predicted octanol–water partition coefficient (Wildman–Crippen LogP) is 1.93. The highest BCUT2D eigenvalue weighted by Gasteiger charge is 2.17. The van der Waals surface area contributed by atoms with Gasteiger partial charge in [0.2, 0.25) is 5.91 Å². The fourth-order valence-corrected chi connectivity index (χ4v) is 2.67. The molecule has 2 aromatic rings. The summed E-state index contributed by atoms with van der Waals surface area (Å²) < 4.78 is 1.46. The van der Waals surface area contributed by atoms with Crippen LogP contribution in [0, 0.1) is 13.8 Å². The Balaban J connectivity index is 2.29. The van der Waals surface area contributed by atoms with Gasteiger partial charge in [0.25, 0.3) is 11.5 Å². The molecule has 1 aromatic carbocycles. The van der Waals surface area contributed by atoms with E-state index in [0.717, 1.165) is 11.3 Å². The van der Waals surface area contributed by atoms with Crippen molar-refractivity contribution in [3.05, 3.63) is 63.1 Å². The van der Waals surface area contributed by atoms with E-state index < -0.39 is 5.91 Å². The third-order valence-corrected chi connectivity index (χ3v) is 4.26. The zero-order valence-electron chi connectivity index (χ0n) is 15.0. The Morgan fingerprint density at radius 3 is 2.52 bits per heavy atom. The van der Waals surface area contributed by atoms with E-state index in [9.17, 15) is 14.4 Å². The van der Waals surface area contributed by atoms with Crippen LogP contribution in [0.15, 0.2) is 35.1 Å². The minimum absolute atomic E-state index is 0.0654. The van der Waals surface area contributed by atoms with Gasteiger partial charge in [0, 0.05) is 31.9 Å². The van der Waals surface area contributed by atoms with Gasteiger partial charge in [-0.1, -0.05) is 18.2 Å². The number of pyridine rings is 1. The number of anilines is 1. The lowest BCUT2D eigenvalue weighted by Crippen LogP contribution is -2.30. The quantitative estimate of drug-likeness (QED) is 0.872. The van der Waals surface area contributed by atoms with Crippen LogP contribution in [0.1, 0.15) is 33.6 Å². The lowest BCUT2D eigenvalue weighted by molar-refractivity contribution is -0.120. The highest BCUT2D eigenvalue weighted by atomic mass is 16.2. The molecule has 0 fully saturated rings. The van der Waals surface area contributed by atoms with Gasteiger partial charge in [-0.25, -0.2) is 0 Å². The first-order chi connectivity index (χ1) is 11.8. The Morgan fingerprint density at radius 2 is 1.84 bits per heavy atom. The Bertz CT molecular complexity index is 869. The summed E-state index contributed by atoms with van der Waals surface area (Å²) in [4.78, 5) is 36.5. The van der Waals surface area contributed by atoms with Crippen molar-refractivity contribution in [2.24, 2.45) is 7.05 Å². The second kappa shape index (κ2) is 7.79. The first-order valence-corrected chi connectivity index (χ1v) is 8.12. The molecule has 0 aliphatic heterocycles. The van der Waals surface area contributed by atoms with E-state index in [0.29, 0.717) is 24.1 Å². The van der Waals surface area contributed by atoms with Gasteiger partial charge in [-0.3, -0.25) is 14.4 Å². The number of aromatic nitrogens is 1. The Morgan fingerprint density at radius 1 is 1.16 bits per heavy atom. The molecule has 6 nitrogen and oxygen atoms in total. The summed E-state index contributed by atoms with van der Waals surface area (Å²) >= 11 is 0. The van der Waals surface area contributed by atoms with Gasteiger partial charge in [0.15, 0.2) is 0 Å². The molecule has 0 saturated carbocycles. The first-order valence-electron chi connectivity index (χ1n) is 8.12. The number of hydrogen-bond acceptors (Lipinski definition) is 3. The topological polar surface area (TPSA) is 80.2 Å². The zero-order chi connectivity index (χ0) is 18.6. The number of benzene rings is 1. The predicted molar refractivity (Wildman–Crippen MR) is 97.9 cm³/mol. The summed E-state index contributed by atoms with van der Waals surface area (Å²) in [6.45, 7) is 3.57. The molecule has 1 aromatic heterocycles. The fourth-order valence-electron chi connectivity index (χ4n) is 2.67. The molecule has 0 aliphatic rings. The summed E-state index contributed by atoms with van der Waals surface area (Å²) in [5.41, 5.74) is 2.71. The monoisotopic (exact) mass is 341 g/mol. The number of carbonyl (C=O) groups is 2. The van der Waals surface area contributed by atoms with Crippen LogP contribution in [-0.4, -0.2) is 23.4 Å². The molecule has 0 aliphatic carbocycles. The smallest absolute Gasteiger partial charge is 0.263 e. The van der Waals surface area contributed by atoms with Crippen LogP contribution in [-0.2, 0) is 18.3 Å². The first kappa shape index (κ1) is 18.4. The largest absolute Gasteiger partial charge is 0.359 e. The van der Waals surface area contributed by atoms with Crippen molar-refractivity contribution in [2.75, 3.05) is 12.4 Å². The summed E-state index contributed by atoms with van der Waals surface area (Å²) in [6, 6.07) is 9.10. The molecule has 0 radical (unpaired) electrons. The number of carbonyl (C=O) groups excluding carboxylic acids is 2. The number of nitrogens with one attached hydrogen (secondary N) is 2. The van der Waals surface area contributed by atoms with Gasteiger partial charge >= 0.3 is 0 Å². The van der Waals surface area contributed by atoms with Gasteiger partial charge in [-0.05, 0) is 43.5 Å². The SMILES string of the molecule is CNC(=O)CCc1ccccc1NC(=O)c1c(C)cc(C)n(C)c1=O. The Labute approximate surface area is 146 Å². The van der Waals surface area contributed by atoms with E-state index >= 15 is 0 Å². The molecule has 6 heteroatoms. The Kier molecular flexibility index (Phi) is 5.75. The van der Waals surface area contributed by atoms with Crippen molar-refractivity contribution in [1.29, 1.82) is 0 Å². The van der Waals surface area contributed by atoms with E-state index in [4.69, 9.17) is 0 Å². The third-order valence-electron chi connectivity index (χ3n) is 4.26. The maximum atomic E-state index is 12.7. The minimum Gasteiger partial charge on any atom is -0.359 e.